The number of hydrogen-bond donors (Lipinski definition) is 0. The van der Waals surface area contributed by atoms with Crippen LogP contribution in [0.5, 0.6) is 0 Å². The lowest BCUT2D eigenvalue weighted by Crippen LogP contribution is -2.04. The fourth-order valence-corrected chi connectivity index (χ4v) is 3.04. The molecule has 0 spiro atoms. The van der Waals surface area contributed by atoms with E-state index in [4.69, 9.17) is 9.47 Å². The zero-order valence-corrected chi connectivity index (χ0v) is 13.2. The highest BCUT2D eigenvalue weighted by atomic mass is 32.1. The lowest BCUT2D eigenvalue weighted by Gasteiger charge is -2.14. The van der Waals surface area contributed by atoms with Crippen LogP contribution in [-0.2, 0) is 20.9 Å². The van der Waals surface area contributed by atoms with E-state index < -0.39 is 6.10 Å². The fraction of sp³-hybridized carbons (Fsp3) is 0.375. The third-order valence-electron chi connectivity index (χ3n) is 2.95. The molecule has 1 heterocycles. The van der Waals surface area contributed by atoms with E-state index in [-0.39, 0.29) is 6.10 Å². The summed E-state index contributed by atoms with van der Waals surface area (Å²) in [6.07, 6.45) is -0.247. The van der Waals surface area contributed by atoms with E-state index in [1.165, 1.54) is 11.3 Å². The molecule has 1 aromatic carbocycles. The summed E-state index contributed by atoms with van der Waals surface area (Å²) in [7, 11) is 0. The number of carbonyl (C=O) groups is 1. The Hall–Kier alpha value is -1.72. The van der Waals surface area contributed by atoms with Crippen LogP contribution in [0.3, 0.4) is 0 Å². The average molecular weight is 305 g/mol. The lowest BCUT2D eigenvalue weighted by molar-refractivity contribution is -0.132. The molecule has 1 atom stereocenters. The maximum Gasteiger partial charge on any atom is 0.294 e. The van der Waals surface area contributed by atoms with Crippen molar-refractivity contribution in [2.45, 2.75) is 39.6 Å². The van der Waals surface area contributed by atoms with Crippen LogP contribution >= 0.6 is 11.3 Å². The van der Waals surface area contributed by atoms with E-state index in [1.807, 2.05) is 51.1 Å². The molecule has 4 nitrogen and oxygen atoms in total. The smallest absolute Gasteiger partial charge is 0.294 e. The molecule has 21 heavy (non-hydrogen) atoms. The van der Waals surface area contributed by atoms with Gasteiger partial charge >= 0.3 is 0 Å². The number of ether oxygens (including phenoxy) is 2. The summed E-state index contributed by atoms with van der Waals surface area (Å²) in [5.74, 6) is 0. The minimum Gasteiger partial charge on any atom is -0.454 e. The molecule has 0 amide bonds. The number of hydrogen-bond acceptors (Lipinski definition) is 5. The Bertz CT molecular complexity index is 580. The second kappa shape index (κ2) is 7.33. The van der Waals surface area contributed by atoms with Gasteiger partial charge in [0.1, 0.15) is 5.01 Å². The van der Waals surface area contributed by atoms with Crippen molar-refractivity contribution >= 4 is 17.8 Å². The number of carbonyl (C=O) groups excluding carboxylic acids is 1. The first-order valence-corrected chi connectivity index (χ1v) is 7.65. The standard InChI is InChI=1S/C16H19NO3S/c1-11(2)19-9-14-17-12(3)16(21-14)15(20-10-18)13-7-5-4-6-8-13/h4-8,10-11,15H,9H2,1-3H3. The minimum atomic E-state index is -0.408. The van der Waals surface area contributed by atoms with Crippen LogP contribution < -0.4 is 0 Å². The summed E-state index contributed by atoms with van der Waals surface area (Å²) < 4.78 is 10.9. The minimum absolute atomic E-state index is 0.161. The highest BCUT2D eigenvalue weighted by Crippen LogP contribution is 2.32. The highest BCUT2D eigenvalue weighted by Gasteiger charge is 2.21. The van der Waals surface area contributed by atoms with E-state index >= 15 is 0 Å². The summed E-state index contributed by atoms with van der Waals surface area (Å²) in [6, 6.07) is 9.67. The van der Waals surface area contributed by atoms with E-state index in [1.54, 1.807) is 0 Å². The molecule has 1 aromatic heterocycles. The van der Waals surface area contributed by atoms with Crippen molar-refractivity contribution in [3.05, 3.63) is 51.5 Å². The molecular weight excluding hydrogens is 286 g/mol. The second-order valence-electron chi connectivity index (χ2n) is 4.94. The Morgan fingerprint density at radius 2 is 2.00 bits per heavy atom. The first kappa shape index (κ1) is 15.7. The van der Waals surface area contributed by atoms with Gasteiger partial charge in [0.25, 0.3) is 6.47 Å². The molecule has 0 aliphatic rings. The second-order valence-corrected chi connectivity index (χ2v) is 6.06. The number of thiazole rings is 1. The number of benzene rings is 1. The molecule has 0 fully saturated rings. The third kappa shape index (κ3) is 4.12. The number of rotatable bonds is 7. The first-order valence-electron chi connectivity index (χ1n) is 6.83. The molecule has 1 unspecified atom stereocenters. The molecule has 5 heteroatoms. The van der Waals surface area contributed by atoms with E-state index in [0.717, 1.165) is 21.1 Å². The molecule has 0 saturated heterocycles. The van der Waals surface area contributed by atoms with Gasteiger partial charge in [0.2, 0.25) is 0 Å². The average Bonchev–Trinajstić information content (AvgIpc) is 2.84. The number of nitrogens with zero attached hydrogens (tertiary/aromatic N) is 1. The summed E-state index contributed by atoms with van der Waals surface area (Å²) >= 11 is 1.52. The number of aryl methyl sites for hydroxylation is 1. The van der Waals surface area contributed by atoms with Crippen LogP contribution in [0.15, 0.2) is 30.3 Å². The van der Waals surface area contributed by atoms with Crippen LogP contribution in [0, 0.1) is 6.92 Å². The van der Waals surface area contributed by atoms with Gasteiger partial charge in [-0.15, -0.1) is 11.3 Å². The van der Waals surface area contributed by atoms with Crippen molar-refractivity contribution in [3.63, 3.8) is 0 Å². The quantitative estimate of drug-likeness (QED) is 0.733. The fourth-order valence-electron chi connectivity index (χ4n) is 1.98. The van der Waals surface area contributed by atoms with Crippen molar-refractivity contribution in [3.8, 4) is 0 Å². The summed E-state index contributed by atoms with van der Waals surface area (Å²) in [6.45, 7) is 6.87. The van der Waals surface area contributed by atoms with Gasteiger partial charge in [0.15, 0.2) is 6.10 Å². The molecule has 0 radical (unpaired) electrons. The first-order chi connectivity index (χ1) is 10.1. The van der Waals surface area contributed by atoms with Crippen LogP contribution in [0.4, 0.5) is 0 Å². The summed E-state index contributed by atoms with van der Waals surface area (Å²) in [5, 5.41) is 0.895. The van der Waals surface area contributed by atoms with Crippen molar-refractivity contribution in [1.82, 2.24) is 4.98 Å². The molecule has 0 aliphatic heterocycles. The highest BCUT2D eigenvalue weighted by molar-refractivity contribution is 7.11. The van der Waals surface area contributed by atoms with Crippen LogP contribution in [0.25, 0.3) is 0 Å². The predicted molar refractivity (Wildman–Crippen MR) is 82.2 cm³/mol. The third-order valence-corrected chi connectivity index (χ3v) is 4.12. The predicted octanol–water partition coefficient (Wildman–Crippen LogP) is 3.64. The Morgan fingerprint density at radius 3 is 2.62 bits per heavy atom. The Balaban J connectivity index is 2.26. The summed E-state index contributed by atoms with van der Waals surface area (Å²) in [5.41, 5.74) is 1.81. The number of aromatic nitrogens is 1. The maximum absolute atomic E-state index is 10.8. The Morgan fingerprint density at radius 1 is 1.29 bits per heavy atom. The van der Waals surface area contributed by atoms with Gasteiger partial charge < -0.3 is 9.47 Å². The van der Waals surface area contributed by atoms with E-state index in [9.17, 15) is 4.79 Å². The topological polar surface area (TPSA) is 48.4 Å². The maximum atomic E-state index is 10.8. The summed E-state index contributed by atoms with van der Waals surface area (Å²) in [4.78, 5) is 16.3. The van der Waals surface area contributed by atoms with Crippen LogP contribution in [0.1, 0.15) is 41.1 Å². The molecule has 0 aliphatic carbocycles. The van der Waals surface area contributed by atoms with Gasteiger partial charge in [-0.1, -0.05) is 30.3 Å². The largest absolute Gasteiger partial charge is 0.454 e. The van der Waals surface area contributed by atoms with E-state index in [2.05, 4.69) is 4.98 Å². The van der Waals surface area contributed by atoms with Gasteiger partial charge in [-0.2, -0.15) is 0 Å². The van der Waals surface area contributed by atoms with Gasteiger partial charge in [0.05, 0.1) is 23.3 Å². The lowest BCUT2D eigenvalue weighted by atomic mass is 10.1. The van der Waals surface area contributed by atoms with Crippen molar-refractivity contribution in [2.24, 2.45) is 0 Å². The van der Waals surface area contributed by atoms with Crippen molar-refractivity contribution in [2.75, 3.05) is 0 Å². The SMILES string of the molecule is Cc1nc(COC(C)C)sc1C(OC=O)c1ccccc1. The molecule has 2 aromatic rings. The molecular formula is C16H19NO3S. The molecule has 2 rings (SSSR count). The molecule has 0 saturated carbocycles. The zero-order chi connectivity index (χ0) is 15.2. The van der Waals surface area contributed by atoms with Gasteiger partial charge in [-0.05, 0) is 26.3 Å². The molecule has 0 bridgehead atoms. The van der Waals surface area contributed by atoms with Crippen molar-refractivity contribution < 1.29 is 14.3 Å². The monoisotopic (exact) mass is 305 g/mol. The Labute approximate surface area is 128 Å². The Kier molecular flexibility index (Phi) is 5.47. The zero-order valence-electron chi connectivity index (χ0n) is 12.4. The molecule has 112 valence electrons. The van der Waals surface area contributed by atoms with Crippen LogP contribution in [-0.4, -0.2) is 17.6 Å². The van der Waals surface area contributed by atoms with Gasteiger partial charge in [-0.25, -0.2) is 4.98 Å². The van der Waals surface area contributed by atoms with Gasteiger partial charge in [0, 0.05) is 0 Å². The van der Waals surface area contributed by atoms with Crippen molar-refractivity contribution in [1.29, 1.82) is 0 Å². The van der Waals surface area contributed by atoms with E-state index in [0.29, 0.717) is 13.1 Å². The normalized spacial score (nSPS) is 12.4. The molecule has 0 N–H and O–H groups in total. The van der Waals surface area contributed by atoms with Gasteiger partial charge in [-0.3, -0.25) is 4.79 Å². The van der Waals surface area contributed by atoms with Crippen LogP contribution in [0.2, 0.25) is 0 Å².